The third-order valence-electron chi connectivity index (χ3n) is 4.53. The summed E-state index contributed by atoms with van der Waals surface area (Å²) in [5.74, 6) is 0.805. The van der Waals surface area contributed by atoms with Crippen LogP contribution in [-0.4, -0.2) is 22.5 Å². The van der Waals surface area contributed by atoms with Crippen molar-refractivity contribution in [3.63, 3.8) is 0 Å². The van der Waals surface area contributed by atoms with Crippen molar-refractivity contribution in [2.45, 2.75) is 59.3 Å². The zero-order valence-corrected chi connectivity index (χ0v) is 16.6. The van der Waals surface area contributed by atoms with E-state index in [2.05, 4.69) is 30.7 Å². The van der Waals surface area contributed by atoms with Gasteiger partial charge < -0.3 is 9.47 Å². The molecule has 1 atom stereocenters. The summed E-state index contributed by atoms with van der Waals surface area (Å²) in [4.78, 5) is 20.7. The molecule has 0 aliphatic heterocycles. The van der Waals surface area contributed by atoms with Gasteiger partial charge >= 0.3 is 12.0 Å². The lowest BCUT2D eigenvalue weighted by Gasteiger charge is -2.12. The average molecular weight is 370 g/mol. The van der Waals surface area contributed by atoms with Gasteiger partial charge in [0.05, 0.1) is 12.8 Å². The number of hydrogen-bond acceptors (Lipinski definition) is 5. The summed E-state index contributed by atoms with van der Waals surface area (Å²) in [6.07, 6.45) is 7.06. The third kappa shape index (κ3) is 7.00. The largest absolute Gasteiger partial charge is 0.490 e. The highest BCUT2D eigenvalue weighted by molar-refractivity contribution is 5.72. The topological polar surface area (TPSA) is 61.3 Å². The van der Waals surface area contributed by atoms with Crippen LogP contribution in [0.3, 0.4) is 0 Å². The molecule has 146 valence electrons. The van der Waals surface area contributed by atoms with Gasteiger partial charge in [-0.1, -0.05) is 70.4 Å². The predicted octanol–water partition coefficient (Wildman–Crippen LogP) is 5.44. The summed E-state index contributed by atoms with van der Waals surface area (Å²) in [7, 11) is 0. The molecule has 2 aromatic rings. The second kappa shape index (κ2) is 11.3. The van der Waals surface area contributed by atoms with Gasteiger partial charge in [0, 0.05) is 12.0 Å². The van der Waals surface area contributed by atoms with Crippen LogP contribution < -0.4 is 9.47 Å². The molecular weight excluding hydrogens is 340 g/mol. The molecule has 0 aliphatic rings. The number of unbranched alkanes of at least 4 members (excludes halogenated alkanes) is 2. The lowest BCUT2D eigenvalue weighted by molar-refractivity contribution is -0.135. The molecule has 1 heterocycles. The number of carbonyl (C=O) groups is 1. The lowest BCUT2D eigenvalue weighted by Crippen LogP contribution is -2.12. The van der Waals surface area contributed by atoms with Crippen molar-refractivity contribution in [3.8, 4) is 23.0 Å². The SMILES string of the molecule is CCCCCOc1cnc(OC(=O)CCC(C)CC)nc1-c1ccccc1. The van der Waals surface area contributed by atoms with Crippen molar-refractivity contribution in [2.75, 3.05) is 6.61 Å². The standard InChI is InChI=1S/C22H30N2O3/c1-4-6-10-15-26-19-16-23-22(27-20(25)14-13-17(3)5-2)24-21(19)18-11-8-7-9-12-18/h7-9,11-12,16-17H,4-6,10,13-15H2,1-3H3. The molecule has 1 aromatic heterocycles. The van der Waals surface area contributed by atoms with Gasteiger partial charge in [0.25, 0.3) is 0 Å². The molecule has 5 nitrogen and oxygen atoms in total. The predicted molar refractivity (Wildman–Crippen MR) is 107 cm³/mol. The summed E-state index contributed by atoms with van der Waals surface area (Å²) >= 11 is 0. The smallest absolute Gasteiger partial charge is 0.325 e. The molecule has 0 saturated carbocycles. The Kier molecular flexibility index (Phi) is 8.75. The Balaban J connectivity index is 2.12. The molecule has 0 N–H and O–H groups in total. The third-order valence-corrected chi connectivity index (χ3v) is 4.53. The fourth-order valence-corrected chi connectivity index (χ4v) is 2.57. The molecule has 27 heavy (non-hydrogen) atoms. The molecular formula is C22H30N2O3. The maximum atomic E-state index is 12.1. The van der Waals surface area contributed by atoms with E-state index in [1.54, 1.807) is 6.20 Å². The van der Waals surface area contributed by atoms with Crippen LogP contribution in [0.25, 0.3) is 11.3 Å². The van der Waals surface area contributed by atoms with Crippen LogP contribution in [0.2, 0.25) is 0 Å². The number of aromatic nitrogens is 2. The molecule has 5 heteroatoms. The van der Waals surface area contributed by atoms with Crippen LogP contribution in [0.4, 0.5) is 0 Å². The first kappa shape index (κ1) is 20.9. The van der Waals surface area contributed by atoms with E-state index in [-0.39, 0.29) is 12.0 Å². The molecule has 0 amide bonds. The van der Waals surface area contributed by atoms with E-state index in [0.717, 1.165) is 37.7 Å². The van der Waals surface area contributed by atoms with Crippen molar-refractivity contribution in [1.29, 1.82) is 0 Å². The number of hydrogen-bond donors (Lipinski definition) is 0. The number of nitrogens with zero attached hydrogens (tertiary/aromatic N) is 2. The fraction of sp³-hybridized carbons (Fsp3) is 0.500. The maximum Gasteiger partial charge on any atom is 0.325 e. The van der Waals surface area contributed by atoms with E-state index in [9.17, 15) is 4.79 Å². The summed E-state index contributed by atoms with van der Waals surface area (Å²) in [6.45, 7) is 7.01. The zero-order chi connectivity index (χ0) is 19.5. The summed E-state index contributed by atoms with van der Waals surface area (Å²) in [6, 6.07) is 9.81. The minimum Gasteiger partial charge on any atom is -0.490 e. The first-order valence-electron chi connectivity index (χ1n) is 9.90. The zero-order valence-electron chi connectivity index (χ0n) is 16.6. The van der Waals surface area contributed by atoms with Crippen LogP contribution in [-0.2, 0) is 4.79 Å². The Hall–Kier alpha value is -2.43. The Labute approximate surface area is 162 Å². The second-order valence-electron chi connectivity index (χ2n) is 6.81. The van der Waals surface area contributed by atoms with Gasteiger partial charge in [-0.15, -0.1) is 0 Å². The van der Waals surface area contributed by atoms with Crippen LogP contribution in [0.5, 0.6) is 11.8 Å². The monoisotopic (exact) mass is 370 g/mol. The summed E-state index contributed by atoms with van der Waals surface area (Å²) in [5.41, 5.74) is 1.55. The van der Waals surface area contributed by atoms with Crippen molar-refractivity contribution in [2.24, 2.45) is 5.92 Å². The highest BCUT2D eigenvalue weighted by Crippen LogP contribution is 2.29. The molecule has 2 rings (SSSR count). The Morgan fingerprint density at radius 1 is 1.15 bits per heavy atom. The molecule has 0 saturated heterocycles. The van der Waals surface area contributed by atoms with E-state index < -0.39 is 0 Å². The van der Waals surface area contributed by atoms with Crippen molar-refractivity contribution >= 4 is 5.97 Å². The Morgan fingerprint density at radius 3 is 2.63 bits per heavy atom. The van der Waals surface area contributed by atoms with Gasteiger partial charge in [-0.05, 0) is 18.8 Å². The molecule has 0 fully saturated rings. The number of carbonyl (C=O) groups excluding carboxylic acids is 1. The first-order valence-corrected chi connectivity index (χ1v) is 9.90. The number of benzene rings is 1. The minimum absolute atomic E-state index is 0.0731. The van der Waals surface area contributed by atoms with E-state index in [4.69, 9.17) is 9.47 Å². The molecule has 1 aromatic carbocycles. The quantitative estimate of drug-likeness (QED) is 0.389. The van der Waals surface area contributed by atoms with Gasteiger partial charge in [0.2, 0.25) is 0 Å². The van der Waals surface area contributed by atoms with Crippen LogP contribution in [0, 0.1) is 5.92 Å². The van der Waals surface area contributed by atoms with Gasteiger partial charge in [0.1, 0.15) is 5.69 Å². The van der Waals surface area contributed by atoms with Crippen molar-refractivity contribution in [3.05, 3.63) is 36.5 Å². The van der Waals surface area contributed by atoms with Gasteiger partial charge in [-0.2, -0.15) is 9.97 Å². The Bertz CT molecular complexity index is 704. The number of ether oxygens (including phenoxy) is 2. The summed E-state index contributed by atoms with van der Waals surface area (Å²) < 4.78 is 11.2. The minimum atomic E-state index is -0.300. The normalized spacial score (nSPS) is 11.8. The van der Waals surface area contributed by atoms with Crippen molar-refractivity contribution in [1.82, 2.24) is 9.97 Å². The van der Waals surface area contributed by atoms with Gasteiger partial charge in [0.15, 0.2) is 5.75 Å². The Morgan fingerprint density at radius 2 is 1.93 bits per heavy atom. The average Bonchev–Trinajstić information content (AvgIpc) is 2.70. The van der Waals surface area contributed by atoms with E-state index in [0.29, 0.717) is 30.4 Å². The molecule has 0 aliphatic carbocycles. The maximum absolute atomic E-state index is 12.1. The number of rotatable bonds is 11. The lowest BCUT2D eigenvalue weighted by atomic mass is 10.0. The highest BCUT2D eigenvalue weighted by Gasteiger charge is 2.15. The van der Waals surface area contributed by atoms with E-state index in [1.165, 1.54) is 0 Å². The first-order chi connectivity index (χ1) is 13.1. The van der Waals surface area contributed by atoms with Crippen molar-refractivity contribution < 1.29 is 14.3 Å². The summed E-state index contributed by atoms with van der Waals surface area (Å²) in [5, 5.41) is 0. The highest BCUT2D eigenvalue weighted by atomic mass is 16.5. The molecule has 0 spiro atoms. The van der Waals surface area contributed by atoms with E-state index >= 15 is 0 Å². The van der Waals surface area contributed by atoms with Crippen LogP contribution in [0.1, 0.15) is 59.3 Å². The van der Waals surface area contributed by atoms with Crippen LogP contribution in [0.15, 0.2) is 36.5 Å². The molecule has 1 unspecified atom stereocenters. The van der Waals surface area contributed by atoms with Crippen LogP contribution >= 0.6 is 0 Å². The number of esters is 1. The van der Waals surface area contributed by atoms with Gasteiger partial charge in [-0.3, -0.25) is 4.79 Å². The fourth-order valence-electron chi connectivity index (χ4n) is 2.57. The molecule has 0 radical (unpaired) electrons. The second-order valence-corrected chi connectivity index (χ2v) is 6.81. The molecule has 0 bridgehead atoms. The van der Waals surface area contributed by atoms with E-state index in [1.807, 2.05) is 30.3 Å². The van der Waals surface area contributed by atoms with Gasteiger partial charge in [-0.25, -0.2) is 0 Å².